The zero-order valence-corrected chi connectivity index (χ0v) is 7.59. The largest absolute Gasteiger partial charge is 0.336 e. The average Bonchev–Trinajstić information content (AvgIpc) is 2.16. The van der Waals surface area contributed by atoms with Gasteiger partial charge in [0.2, 0.25) is 0 Å². The third-order valence-electron chi connectivity index (χ3n) is 2.33. The summed E-state index contributed by atoms with van der Waals surface area (Å²) in [6.07, 6.45) is -1.12. The summed E-state index contributed by atoms with van der Waals surface area (Å²) < 4.78 is 24.1. The maximum atomic E-state index is 12.0. The van der Waals surface area contributed by atoms with Crippen LogP contribution < -0.4 is 5.32 Å². The lowest BCUT2D eigenvalue weighted by atomic mass is 10.1. The van der Waals surface area contributed by atoms with Gasteiger partial charge in [0.05, 0.1) is 0 Å². The van der Waals surface area contributed by atoms with Crippen molar-refractivity contribution in [2.24, 2.45) is 0 Å². The molecule has 1 saturated heterocycles. The van der Waals surface area contributed by atoms with Crippen molar-refractivity contribution in [3.8, 4) is 0 Å². The number of carbonyl (C=O) groups is 1. The Hall–Kier alpha value is -0.710. The van der Waals surface area contributed by atoms with Gasteiger partial charge in [-0.05, 0) is 19.9 Å². The summed E-state index contributed by atoms with van der Waals surface area (Å²) in [5.74, 6) is -1.04. The van der Waals surface area contributed by atoms with E-state index in [9.17, 15) is 13.6 Å². The van der Waals surface area contributed by atoms with E-state index in [-0.39, 0.29) is 6.04 Å². The fraction of sp³-hybridized carbons (Fsp3) is 0.875. The van der Waals surface area contributed by atoms with Gasteiger partial charge >= 0.3 is 6.43 Å². The maximum Gasteiger partial charge on any atom is 0.315 e. The van der Waals surface area contributed by atoms with Crippen LogP contribution in [-0.4, -0.2) is 43.4 Å². The molecule has 0 aliphatic carbocycles. The van der Waals surface area contributed by atoms with Gasteiger partial charge in [0.25, 0.3) is 5.91 Å². The fourth-order valence-electron chi connectivity index (χ4n) is 1.55. The van der Waals surface area contributed by atoms with E-state index in [1.807, 2.05) is 0 Å². The lowest BCUT2D eigenvalue weighted by molar-refractivity contribution is -0.144. The molecule has 0 aromatic heterocycles. The minimum atomic E-state index is -2.87. The summed E-state index contributed by atoms with van der Waals surface area (Å²) in [5.41, 5.74) is 0. The number of amides is 1. The molecule has 1 rings (SSSR count). The number of hydrogen-bond donors (Lipinski definition) is 1. The normalized spacial score (nSPS) is 23.7. The van der Waals surface area contributed by atoms with Crippen LogP contribution in [0.4, 0.5) is 8.78 Å². The lowest BCUT2D eigenvalue weighted by Gasteiger charge is -2.32. The number of likely N-dealkylation sites (N-methyl/N-ethyl adjacent to an activating group) is 1. The number of carbonyl (C=O) groups excluding carboxylic acids is 1. The Labute approximate surface area is 76.1 Å². The van der Waals surface area contributed by atoms with Gasteiger partial charge in [-0.25, -0.2) is 0 Å². The number of alkyl halides is 2. The van der Waals surface area contributed by atoms with Crippen LogP contribution in [0.25, 0.3) is 0 Å². The Balaban J connectivity index is 2.46. The molecule has 0 bridgehead atoms. The van der Waals surface area contributed by atoms with E-state index in [1.54, 1.807) is 7.05 Å². The smallest absolute Gasteiger partial charge is 0.315 e. The molecule has 1 amide bonds. The Morgan fingerprint density at radius 2 is 2.31 bits per heavy atom. The Morgan fingerprint density at radius 1 is 1.62 bits per heavy atom. The van der Waals surface area contributed by atoms with Crippen molar-refractivity contribution in [2.75, 3.05) is 20.1 Å². The monoisotopic (exact) mass is 192 g/mol. The molecule has 0 aromatic rings. The number of rotatable bonds is 2. The molecule has 1 heterocycles. The van der Waals surface area contributed by atoms with Crippen LogP contribution in [0.1, 0.15) is 12.8 Å². The molecule has 1 atom stereocenters. The zero-order valence-electron chi connectivity index (χ0n) is 7.59. The van der Waals surface area contributed by atoms with Crippen LogP contribution in [-0.2, 0) is 4.79 Å². The summed E-state index contributed by atoms with van der Waals surface area (Å²) in [7, 11) is 1.78. The van der Waals surface area contributed by atoms with E-state index >= 15 is 0 Å². The molecule has 1 aliphatic heterocycles. The molecule has 0 saturated carbocycles. The quantitative estimate of drug-likeness (QED) is 0.689. The van der Waals surface area contributed by atoms with Crippen LogP contribution in [0.5, 0.6) is 0 Å². The first-order valence-corrected chi connectivity index (χ1v) is 4.39. The van der Waals surface area contributed by atoms with Gasteiger partial charge in [0.15, 0.2) is 0 Å². The number of likely N-dealkylation sites (tertiary alicyclic amines) is 1. The average molecular weight is 192 g/mol. The van der Waals surface area contributed by atoms with E-state index in [0.29, 0.717) is 13.1 Å². The van der Waals surface area contributed by atoms with E-state index in [1.165, 1.54) is 4.90 Å². The molecule has 1 fully saturated rings. The first kappa shape index (κ1) is 10.4. The molecule has 0 aromatic carbocycles. The highest BCUT2D eigenvalue weighted by atomic mass is 19.3. The molecule has 3 nitrogen and oxygen atoms in total. The molecule has 0 radical (unpaired) electrons. The molecule has 1 unspecified atom stereocenters. The predicted molar refractivity (Wildman–Crippen MR) is 44.7 cm³/mol. The summed E-state index contributed by atoms with van der Waals surface area (Å²) in [5, 5.41) is 2.99. The van der Waals surface area contributed by atoms with Gasteiger partial charge < -0.3 is 10.2 Å². The Morgan fingerprint density at radius 3 is 2.85 bits per heavy atom. The second-order valence-corrected chi connectivity index (χ2v) is 3.21. The number of piperidine rings is 1. The van der Waals surface area contributed by atoms with E-state index in [2.05, 4.69) is 5.32 Å². The molecular formula is C8H14F2N2O. The number of halogens is 2. The minimum Gasteiger partial charge on any atom is -0.336 e. The SMILES string of the molecule is CNC1CCCN(C(=O)C(F)F)C1. The van der Waals surface area contributed by atoms with Gasteiger partial charge in [-0.3, -0.25) is 4.79 Å². The molecular weight excluding hydrogens is 178 g/mol. The van der Waals surface area contributed by atoms with Crippen LogP contribution >= 0.6 is 0 Å². The Bertz CT molecular complexity index is 187. The zero-order chi connectivity index (χ0) is 9.84. The standard InChI is InChI=1S/C8H14F2N2O/c1-11-6-3-2-4-12(5-6)8(13)7(9)10/h6-7,11H,2-5H2,1H3. The van der Waals surface area contributed by atoms with Gasteiger partial charge in [-0.1, -0.05) is 0 Å². The third-order valence-corrected chi connectivity index (χ3v) is 2.33. The van der Waals surface area contributed by atoms with Crippen LogP contribution in [0.3, 0.4) is 0 Å². The molecule has 76 valence electrons. The number of nitrogens with zero attached hydrogens (tertiary/aromatic N) is 1. The first-order chi connectivity index (χ1) is 6.15. The van der Waals surface area contributed by atoms with Gasteiger partial charge in [-0.2, -0.15) is 8.78 Å². The second kappa shape index (κ2) is 4.50. The topological polar surface area (TPSA) is 32.3 Å². The minimum absolute atomic E-state index is 0.163. The Kier molecular flexibility index (Phi) is 3.59. The number of nitrogens with one attached hydrogen (secondary N) is 1. The van der Waals surface area contributed by atoms with Crippen molar-refractivity contribution >= 4 is 5.91 Å². The van der Waals surface area contributed by atoms with Gasteiger partial charge in [0, 0.05) is 19.1 Å². The van der Waals surface area contributed by atoms with Crippen LogP contribution in [0.15, 0.2) is 0 Å². The maximum absolute atomic E-state index is 12.0. The summed E-state index contributed by atoms with van der Waals surface area (Å²) in [6, 6.07) is 0.163. The summed E-state index contributed by atoms with van der Waals surface area (Å²) in [4.78, 5) is 12.1. The molecule has 1 N–H and O–H groups in total. The van der Waals surface area contributed by atoms with Gasteiger partial charge in [-0.15, -0.1) is 0 Å². The van der Waals surface area contributed by atoms with E-state index in [4.69, 9.17) is 0 Å². The highest BCUT2D eigenvalue weighted by Crippen LogP contribution is 2.12. The van der Waals surface area contributed by atoms with Crippen molar-refractivity contribution < 1.29 is 13.6 Å². The molecule has 5 heteroatoms. The second-order valence-electron chi connectivity index (χ2n) is 3.21. The first-order valence-electron chi connectivity index (χ1n) is 4.39. The van der Waals surface area contributed by atoms with Crippen LogP contribution in [0.2, 0.25) is 0 Å². The summed E-state index contributed by atoms with van der Waals surface area (Å²) >= 11 is 0. The third kappa shape index (κ3) is 2.62. The highest BCUT2D eigenvalue weighted by molar-refractivity contribution is 5.79. The van der Waals surface area contributed by atoms with Crippen LogP contribution in [0, 0.1) is 0 Å². The van der Waals surface area contributed by atoms with Crippen molar-refractivity contribution in [1.82, 2.24) is 10.2 Å². The van der Waals surface area contributed by atoms with E-state index in [0.717, 1.165) is 12.8 Å². The lowest BCUT2D eigenvalue weighted by Crippen LogP contribution is -2.48. The van der Waals surface area contributed by atoms with Crippen molar-refractivity contribution in [3.05, 3.63) is 0 Å². The van der Waals surface area contributed by atoms with Gasteiger partial charge in [0.1, 0.15) is 0 Å². The van der Waals surface area contributed by atoms with Crippen molar-refractivity contribution in [3.63, 3.8) is 0 Å². The molecule has 0 spiro atoms. The van der Waals surface area contributed by atoms with Crippen molar-refractivity contribution in [2.45, 2.75) is 25.3 Å². The summed E-state index contributed by atoms with van der Waals surface area (Å²) in [6.45, 7) is 0.862. The van der Waals surface area contributed by atoms with E-state index < -0.39 is 12.3 Å². The number of hydrogen-bond acceptors (Lipinski definition) is 2. The molecule has 1 aliphatic rings. The molecule has 13 heavy (non-hydrogen) atoms. The predicted octanol–water partition coefficient (Wildman–Crippen LogP) is 0.462. The van der Waals surface area contributed by atoms with Crippen molar-refractivity contribution in [1.29, 1.82) is 0 Å². The highest BCUT2D eigenvalue weighted by Gasteiger charge is 2.27. The fourth-order valence-corrected chi connectivity index (χ4v) is 1.55.